The van der Waals surface area contributed by atoms with Gasteiger partial charge in [0.1, 0.15) is 10.7 Å². The first-order chi connectivity index (χ1) is 15.5. The quantitative estimate of drug-likeness (QED) is 0.564. The van der Waals surface area contributed by atoms with Gasteiger partial charge in [0.05, 0.1) is 25.0 Å². The molecule has 0 spiro atoms. The van der Waals surface area contributed by atoms with Gasteiger partial charge in [-0.2, -0.15) is 0 Å². The first-order valence-electron chi connectivity index (χ1n) is 10.2. The van der Waals surface area contributed by atoms with Crippen molar-refractivity contribution < 1.29 is 14.3 Å². The van der Waals surface area contributed by atoms with E-state index in [1.165, 1.54) is 11.3 Å². The number of ether oxygens (including phenoxy) is 1. The van der Waals surface area contributed by atoms with Gasteiger partial charge in [-0.1, -0.05) is 12.1 Å². The number of pyridine rings is 1. The van der Waals surface area contributed by atoms with Crippen molar-refractivity contribution in [2.45, 2.75) is 0 Å². The third kappa shape index (κ3) is 5.04. The number of rotatable bonds is 7. The van der Waals surface area contributed by atoms with Crippen LogP contribution in [-0.2, 0) is 4.79 Å². The van der Waals surface area contributed by atoms with Crippen molar-refractivity contribution in [3.05, 3.63) is 53.7 Å². The highest BCUT2D eigenvalue weighted by Crippen LogP contribution is 2.28. The zero-order valence-corrected chi connectivity index (χ0v) is 18.5. The van der Waals surface area contributed by atoms with Crippen LogP contribution in [0.3, 0.4) is 0 Å². The molecule has 10 heteroatoms. The lowest BCUT2D eigenvalue weighted by Crippen LogP contribution is -2.49. The number of nitrogens with zero attached hydrogens (tertiary/aromatic N) is 4. The fraction of sp³-hybridized carbons (Fsp3) is 0.273. The summed E-state index contributed by atoms with van der Waals surface area (Å²) < 4.78 is 5.08. The number of nitrogens with one attached hydrogen (secondary N) is 1. The molecular formula is C22H24N6O3S. The van der Waals surface area contributed by atoms with E-state index < -0.39 is 0 Å². The Balaban J connectivity index is 1.44. The lowest BCUT2D eigenvalue weighted by atomic mass is 10.2. The zero-order chi connectivity index (χ0) is 22.5. The molecule has 1 aliphatic rings. The first kappa shape index (κ1) is 21.7. The third-order valence-electron chi connectivity index (χ3n) is 5.17. The molecule has 0 bridgehead atoms. The van der Waals surface area contributed by atoms with Crippen LogP contribution in [0.25, 0.3) is 10.6 Å². The number of anilines is 2. The molecule has 1 fully saturated rings. The molecule has 2 aromatic heterocycles. The van der Waals surface area contributed by atoms with Crippen LogP contribution in [0.15, 0.2) is 48.0 Å². The number of nitrogens with two attached hydrogens (primary N) is 1. The van der Waals surface area contributed by atoms with E-state index in [2.05, 4.69) is 20.2 Å². The highest BCUT2D eigenvalue weighted by atomic mass is 32.1. The Kier molecular flexibility index (Phi) is 6.62. The standard InChI is InChI=1S/C22H24N6O3S/c1-31-20-7-6-15(12-24-20)22-26-17(14-32-22)21(30)25-16-4-2-3-5-18(16)28-10-8-27(9-11-28)13-19(23)29/h2-7,12,14H,8-11,13H2,1H3,(H2,23,29)(H,25,30). The number of piperazine rings is 1. The van der Waals surface area contributed by atoms with Crippen molar-refractivity contribution >= 4 is 34.5 Å². The summed E-state index contributed by atoms with van der Waals surface area (Å²) in [5.41, 5.74) is 8.13. The number of hydrogen-bond donors (Lipinski definition) is 2. The maximum Gasteiger partial charge on any atom is 0.275 e. The fourth-order valence-corrected chi connectivity index (χ4v) is 4.34. The monoisotopic (exact) mass is 452 g/mol. The van der Waals surface area contributed by atoms with E-state index in [1.807, 2.05) is 35.2 Å². The van der Waals surface area contributed by atoms with Crippen molar-refractivity contribution in [3.8, 4) is 16.5 Å². The number of benzene rings is 1. The Bertz CT molecular complexity index is 1090. The van der Waals surface area contributed by atoms with Crippen LogP contribution in [-0.4, -0.2) is 66.5 Å². The summed E-state index contributed by atoms with van der Waals surface area (Å²) in [6, 6.07) is 11.3. The molecule has 1 aromatic carbocycles. The molecule has 4 rings (SSSR count). The van der Waals surface area contributed by atoms with Crippen LogP contribution < -0.4 is 20.7 Å². The predicted molar refractivity (Wildman–Crippen MR) is 124 cm³/mol. The highest BCUT2D eigenvalue weighted by Gasteiger charge is 2.21. The molecule has 1 saturated heterocycles. The normalized spacial score (nSPS) is 14.2. The molecule has 0 radical (unpaired) electrons. The number of carbonyl (C=O) groups excluding carboxylic acids is 2. The summed E-state index contributed by atoms with van der Waals surface area (Å²) >= 11 is 1.39. The number of amides is 2. The van der Waals surface area contributed by atoms with Crippen LogP contribution in [0, 0.1) is 0 Å². The van der Waals surface area contributed by atoms with Gasteiger partial charge in [0.15, 0.2) is 0 Å². The van der Waals surface area contributed by atoms with Crippen LogP contribution in [0.5, 0.6) is 5.88 Å². The van der Waals surface area contributed by atoms with E-state index in [0.29, 0.717) is 16.6 Å². The summed E-state index contributed by atoms with van der Waals surface area (Å²) in [4.78, 5) is 36.9. The average Bonchev–Trinajstić information content (AvgIpc) is 3.30. The Hall–Kier alpha value is -3.50. The molecule has 3 aromatic rings. The van der Waals surface area contributed by atoms with Crippen LogP contribution in [0.1, 0.15) is 10.5 Å². The van der Waals surface area contributed by atoms with Gasteiger partial charge in [-0.3, -0.25) is 14.5 Å². The molecule has 32 heavy (non-hydrogen) atoms. The molecule has 2 amide bonds. The first-order valence-corrected chi connectivity index (χ1v) is 11.0. The molecule has 0 atom stereocenters. The van der Waals surface area contributed by atoms with Crippen molar-refractivity contribution in [1.29, 1.82) is 0 Å². The van der Waals surface area contributed by atoms with Gasteiger partial charge in [0.25, 0.3) is 5.91 Å². The number of primary amides is 1. The van der Waals surface area contributed by atoms with Gasteiger partial charge >= 0.3 is 0 Å². The SMILES string of the molecule is COc1ccc(-c2nc(C(=O)Nc3ccccc3N3CCN(CC(N)=O)CC3)cs2)cn1. The second-order valence-electron chi connectivity index (χ2n) is 7.33. The number of thiazole rings is 1. The molecule has 0 unspecified atom stereocenters. The largest absolute Gasteiger partial charge is 0.481 e. The summed E-state index contributed by atoms with van der Waals surface area (Å²) in [7, 11) is 1.56. The third-order valence-corrected chi connectivity index (χ3v) is 6.07. The second-order valence-corrected chi connectivity index (χ2v) is 8.19. The molecular weight excluding hydrogens is 428 g/mol. The molecule has 1 aliphatic heterocycles. The lowest BCUT2D eigenvalue weighted by molar-refractivity contribution is -0.119. The number of hydrogen-bond acceptors (Lipinski definition) is 8. The molecule has 9 nitrogen and oxygen atoms in total. The van der Waals surface area contributed by atoms with Crippen LogP contribution in [0.2, 0.25) is 0 Å². The molecule has 0 aliphatic carbocycles. The number of para-hydroxylation sites is 2. The molecule has 3 heterocycles. The van der Waals surface area contributed by atoms with E-state index in [1.54, 1.807) is 24.8 Å². The number of carbonyl (C=O) groups is 2. The number of methoxy groups -OCH3 is 1. The van der Waals surface area contributed by atoms with Crippen molar-refractivity contribution in [1.82, 2.24) is 14.9 Å². The van der Waals surface area contributed by atoms with E-state index in [4.69, 9.17) is 10.5 Å². The van der Waals surface area contributed by atoms with Crippen molar-refractivity contribution in [3.63, 3.8) is 0 Å². The average molecular weight is 453 g/mol. The van der Waals surface area contributed by atoms with E-state index >= 15 is 0 Å². The number of aromatic nitrogens is 2. The van der Waals surface area contributed by atoms with Gasteiger partial charge in [-0.05, 0) is 18.2 Å². The van der Waals surface area contributed by atoms with Crippen molar-refractivity contribution in [2.75, 3.05) is 50.1 Å². The molecule has 3 N–H and O–H groups in total. The van der Waals surface area contributed by atoms with Gasteiger partial charge in [-0.15, -0.1) is 11.3 Å². The predicted octanol–water partition coefficient (Wildman–Crippen LogP) is 2.07. The van der Waals surface area contributed by atoms with Gasteiger partial charge in [-0.25, -0.2) is 9.97 Å². The minimum atomic E-state index is -0.320. The van der Waals surface area contributed by atoms with E-state index in [0.717, 1.165) is 43.1 Å². The maximum absolute atomic E-state index is 12.9. The van der Waals surface area contributed by atoms with Gasteiger partial charge in [0, 0.05) is 49.4 Å². The summed E-state index contributed by atoms with van der Waals surface area (Å²) in [6.07, 6.45) is 1.67. The highest BCUT2D eigenvalue weighted by molar-refractivity contribution is 7.13. The van der Waals surface area contributed by atoms with Gasteiger partial charge < -0.3 is 20.7 Å². The van der Waals surface area contributed by atoms with Crippen LogP contribution >= 0.6 is 11.3 Å². The minimum Gasteiger partial charge on any atom is -0.481 e. The Morgan fingerprint density at radius 2 is 1.94 bits per heavy atom. The fourth-order valence-electron chi connectivity index (χ4n) is 3.55. The summed E-state index contributed by atoms with van der Waals surface area (Å²) in [6.45, 7) is 3.21. The topological polar surface area (TPSA) is 114 Å². The second kappa shape index (κ2) is 9.75. The van der Waals surface area contributed by atoms with E-state index in [9.17, 15) is 9.59 Å². The lowest BCUT2D eigenvalue weighted by Gasteiger charge is -2.36. The minimum absolute atomic E-state index is 0.266. The Morgan fingerprint density at radius 3 is 2.62 bits per heavy atom. The Morgan fingerprint density at radius 1 is 1.16 bits per heavy atom. The van der Waals surface area contributed by atoms with E-state index in [-0.39, 0.29) is 18.4 Å². The summed E-state index contributed by atoms with van der Waals surface area (Å²) in [5, 5.41) is 5.44. The van der Waals surface area contributed by atoms with Crippen molar-refractivity contribution in [2.24, 2.45) is 5.73 Å². The smallest absolute Gasteiger partial charge is 0.275 e. The molecule has 166 valence electrons. The summed E-state index contributed by atoms with van der Waals surface area (Å²) in [5.74, 6) is -0.0664. The maximum atomic E-state index is 12.9. The van der Waals surface area contributed by atoms with Gasteiger partial charge in [0.2, 0.25) is 11.8 Å². The Labute approximate surface area is 189 Å². The zero-order valence-electron chi connectivity index (χ0n) is 17.7. The molecule has 0 saturated carbocycles. The van der Waals surface area contributed by atoms with Crippen LogP contribution in [0.4, 0.5) is 11.4 Å².